The maximum absolute atomic E-state index is 11.4. The lowest BCUT2D eigenvalue weighted by molar-refractivity contribution is -0.143. The van der Waals surface area contributed by atoms with E-state index in [0.717, 1.165) is 6.42 Å². The summed E-state index contributed by atoms with van der Waals surface area (Å²) in [4.78, 5) is 21.9. The first-order valence-electron chi connectivity index (χ1n) is 5.76. The molecule has 1 amide bonds. The number of aliphatic carboxylic acids is 1. The molecule has 1 aliphatic rings. The van der Waals surface area contributed by atoms with Gasteiger partial charge in [0.05, 0.1) is 6.61 Å². The lowest BCUT2D eigenvalue weighted by Crippen LogP contribution is -2.43. The highest BCUT2D eigenvalue weighted by molar-refractivity contribution is 5.83. The van der Waals surface area contributed by atoms with Gasteiger partial charge in [-0.15, -0.1) is 0 Å². The van der Waals surface area contributed by atoms with E-state index in [0.29, 0.717) is 12.3 Å². The molecular weight excluding hydrogens is 210 g/mol. The van der Waals surface area contributed by atoms with E-state index in [4.69, 9.17) is 10.2 Å². The highest BCUT2D eigenvalue weighted by Gasteiger charge is 2.20. The molecule has 1 saturated carbocycles. The van der Waals surface area contributed by atoms with Crippen LogP contribution in [0.3, 0.4) is 0 Å². The molecule has 0 aromatic rings. The molecule has 0 unspecified atom stereocenters. The molecule has 1 atom stereocenters. The summed E-state index contributed by atoms with van der Waals surface area (Å²) in [5, 5.41) is 19.7. The molecule has 0 aliphatic heterocycles. The molecule has 1 rings (SSSR count). The number of aliphatic hydroxyl groups excluding tert-OH is 1. The van der Waals surface area contributed by atoms with Gasteiger partial charge in [0.15, 0.2) is 0 Å². The monoisotopic (exact) mass is 229 g/mol. The Balaban J connectivity index is 2.21. The van der Waals surface area contributed by atoms with Crippen LogP contribution in [0.5, 0.6) is 0 Å². The lowest BCUT2D eigenvalue weighted by atomic mass is 10.0. The molecule has 1 fully saturated rings. The third kappa shape index (κ3) is 4.18. The minimum absolute atomic E-state index is 0.284. The Morgan fingerprint density at radius 1 is 1.31 bits per heavy atom. The van der Waals surface area contributed by atoms with Crippen molar-refractivity contribution in [1.82, 2.24) is 5.32 Å². The van der Waals surface area contributed by atoms with E-state index < -0.39 is 18.6 Å². The van der Waals surface area contributed by atoms with Crippen LogP contribution in [0.15, 0.2) is 0 Å². The number of carboxylic acids is 1. The largest absolute Gasteiger partial charge is 0.480 e. The van der Waals surface area contributed by atoms with Gasteiger partial charge >= 0.3 is 5.97 Å². The fourth-order valence-electron chi connectivity index (χ4n) is 2.09. The predicted octanol–water partition coefficient (Wildman–Crippen LogP) is 0.518. The summed E-state index contributed by atoms with van der Waals surface area (Å²) in [6.45, 7) is -0.565. The van der Waals surface area contributed by atoms with Crippen molar-refractivity contribution < 1.29 is 19.8 Å². The van der Waals surface area contributed by atoms with Gasteiger partial charge < -0.3 is 15.5 Å². The topological polar surface area (TPSA) is 86.6 Å². The van der Waals surface area contributed by atoms with Crippen molar-refractivity contribution in [2.75, 3.05) is 6.61 Å². The fourth-order valence-corrected chi connectivity index (χ4v) is 2.09. The minimum atomic E-state index is -1.20. The number of carbonyl (C=O) groups is 2. The van der Waals surface area contributed by atoms with E-state index in [-0.39, 0.29) is 5.91 Å². The Morgan fingerprint density at radius 2 is 1.94 bits per heavy atom. The normalized spacial score (nSPS) is 18.3. The zero-order valence-corrected chi connectivity index (χ0v) is 9.32. The number of hydrogen-bond donors (Lipinski definition) is 3. The number of nitrogens with one attached hydrogen (secondary N) is 1. The number of rotatable bonds is 6. The maximum atomic E-state index is 11.4. The van der Waals surface area contributed by atoms with Crippen molar-refractivity contribution in [3.05, 3.63) is 0 Å². The van der Waals surface area contributed by atoms with E-state index in [1.165, 1.54) is 25.7 Å². The van der Waals surface area contributed by atoms with Crippen LogP contribution in [0, 0.1) is 5.92 Å². The SMILES string of the molecule is O=C(CCC1CCCC1)N[C@H](CO)C(=O)O. The molecule has 0 aromatic carbocycles. The first-order valence-corrected chi connectivity index (χ1v) is 5.76. The van der Waals surface area contributed by atoms with Crippen molar-refractivity contribution in [2.45, 2.75) is 44.6 Å². The molecule has 0 saturated heterocycles. The molecule has 3 N–H and O–H groups in total. The Morgan fingerprint density at radius 3 is 2.44 bits per heavy atom. The van der Waals surface area contributed by atoms with Crippen molar-refractivity contribution >= 4 is 11.9 Å². The minimum Gasteiger partial charge on any atom is -0.480 e. The smallest absolute Gasteiger partial charge is 0.328 e. The highest BCUT2D eigenvalue weighted by Crippen LogP contribution is 2.28. The summed E-state index contributed by atoms with van der Waals surface area (Å²) in [5.41, 5.74) is 0. The molecule has 0 bridgehead atoms. The van der Waals surface area contributed by atoms with Gasteiger partial charge in [-0.3, -0.25) is 4.79 Å². The van der Waals surface area contributed by atoms with Gasteiger partial charge in [0.1, 0.15) is 6.04 Å². The van der Waals surface area contributed by atoms with Crippen molar-refractivity contribution in [1.29, 1.82) is 0 Å². The zero-order valence-electron chi connectivity index (χ0n) is 9.32. The number of carbonyl (C=O) groups excluding carboxylic acids is 1. The summed E-state index contributed by atoms with van der Waals surface area (Å²) in [7, 11) is 0. The molecule has 0 heterocycles. The van der Waals surface area contributed by atoms with Crippen LogP contribution in [0.1, 0.15) is 38.5 Å². The van der Waals surface area contributed by atoms with Crippen LogP contribution < -0.4 is 5.32 Å². The standard InChI is InChI=1S/C11H19NO4/c13-7-9(11(15)16)12-10(14)6-5-8-3-1-2-4-8/h8-9,13H,1-7H2,(H,12,14)(H,15,16)/t9-/m1/s1. The second-order valence-electron chi connectivity index (χ2n) is 4.33. The average Bonchev–Trinajstić information content (AvgIpc) is 2.75. The molecule has 92 valence electrons. The Hall–Kier alpha value is -1.10. The molecule has 1 aliphatic carbocycles. The van der Waals surface area contributed by atoms with Crippen molar-refractivity contribution in [3.63, 3.8) is 0 Å². The van der Waals surface area contributed by atoms with E-state index in [2.05, 4.69) is 5.32 Å². The first-order chi connectivity index (χ1) is 7.63. The third-order valence-electron chi connectivity index (χ3n) is 3.07. The quantitative estimate of drug-likeness (QED) is 0.619. The molecule has 0 radical (unpaired) electrons. The lowest BCUT2D eigenvalue weighted by Gasteiger charge is -2.13. The van der Waals surface area contributed by atoms with Crippen LogP contribution in [-0.2, 0) is 9.59 Å². The summed E-state index contributed by atoms with van der Waals surface area (Å²) in [6.07, 6.45) is 6.00. The van der Waals surface area contributed by atoms with Gasteiger partial charge in [-0.25, -0.2) is 4.79 Å². The summed E-state index contributed by atoms with van der Waals surface area (Å²) >= 11 is 0. The van der Waals surface area contributed by atoms with Crippen LogP contribution in [-0.4, -0.2) is 34.7 Å². The first kappa shape index (κ1) is 13.0. The van der Waals surface area contributed by atoms with E-state index in [9.17, 15) is 9.59 Å². The molecule has 0 spiro atoms. The number of carboxylic acid groups (broad SMARTS) is 1. The molecule has 5 nitrogen and oxygen atoms in total. The van der Waals surface area contributed by atoms with Gasteiger partial charge in [-0.05, 0) is 12.3 Å². The van der Waals surface area contributed by atoms with Gasteiger partial charge in [0.2, 0.25) is 5.91 Å². The third-order valence-corrected chi connectivity index (χ3v) is 3.07. The molecule has 16 heavy (non-hydrogen) atoms. The Kier molecular flexibility index (Phi) is 5.25. The van der Waals surface area contributed by atoms with Crippen LogP contribution in [0.2, 0.25) is 0 Å². The Bertz CT molecular complexity index is 248. The summed E-state index contributed by atoms with van der Waals surface area (Å²) < 4.78 is 0. The Labute approximate surface area is 94.8 Å². The number of amides is 1. The highest BCUT2D eigenvalue weighted by atomic mass is 16.4. The van der Waals surface area contributed by atoms with Gasteiger partial charge in [0.25, 0.3) is 0 Å². The predicted molar refractivity (Wildman–Crippen MR) is 57.8 cm³/mol. The molecule has 0 aromatic heterocycles. The van der Waals surface area contributed by atoms with Crippen LogP contribution in [0.25, 0.3) is 0 Å². The van der Waals surface area contributed by atoms with Gasteiger partial charge in [-0.2, -0.15) is 0 Å². The van der Waals surface area contributed by atoms with Crippen molar-refractivity contribution in [3.8, 4) is 0 Å². The number of hydrogen-bond acceptors (Lipinski definition) is 3. The molecule has 5 heteroatoms. The van der Waals surface area contributed by atoms with E-state index in [1.807, 2.05) is 0 Å². The van der Waals surface area contributed by atoms with Crippen LogP contribution >= 0.6 is 0 Å². The zero-order chi connectivity index (χ0) is 12.0. The van der Waals surface area contributed by atoms with E-state index >= 15 is 0 Å². The second kappa shape index (κ2) is 6.48. The van der Waals surface area contributed by atoms with E-state index in [1.54, 1.807) is 0 Å². The summed E-state index contributed by atoms with van der Waals surface area (Å²) in [6, 6.07) is -1.17. The van der Waals surface area contributed by atoms with Crippen LogP contribution in [0.4, 0.5) is 0 Å². The number of aliphatic hydroxyl groups is 1. The molecular formula is C11H19NO4. The van der Waals surface area contributed by atoms with Gasteiger partial charge in [-0.1, -0.05) is 25.7 Å². The maximum Gasteiger partial charge on any atom is 0.328 e. The van der Waals surface area contributed by atoms with Crippen molar-refractivity contribution in [2.24, 2.45) is 5.92 Å². The average molecular weight is 229 g/mol. The van der Waals surface area contributed by atoms with Gasteiger partial charge in [0, 0.05) is 6.42 Å². The fraction of sp³-hybridized carbons (Fsp3) is 0.818. The second-order valence-corrected chi connectivity index (χ2v) is 4.33. The summed E-state index contributed by atoms with van der Waals surface area (Å²) in [5.74, 6) is -0.867.